The van der Waals surface area contributed by atoms with Crippen molar-refractivity contribution in [3.63, 3.8) is 0 Å². The van der Waals surface area contributed by atoms with Gasteiger partial charge in [0.2, 0.25) is 11.8 Å². The van der Waals surface area contributed by atoms with Crippen molar-refractivity contribution >= 4 is 35.0 Å². The maximum atomic E-state index is 12.0. The van der Waals surface area contributed by atoms with Crippen molar-refractivity contribution in [3.8, 4) is 5.88 Å². The number of aromatic amines is 1. The summed E-state index contributed by atoms with van der Waals surface area (Å²) in [5.74, 6) is -0.578. The Hall–Kier alpha value is -1.99. The van der Waals surface area contributed by atoms with Crippen LogP contribution in [0, 0.1) is 0 Å². The van der Waals surface area contributed by atoms with Crippen LogP contribution in [0.2, 0.25) is 5.02 Å². The molecule has 3 N–H and O–H groups in total. The summed E-state index contributed by atoms with van der Waals surface area (Å²) in [5.41, 5.74) is 0.520. The number of benzene rings is 1. The molecule has 0 saturated carbocycles. The van der Waals surface area contributed by atoms with Crippen LogP contribution in [0.25, 0.3) is 0 Å². The van der Waals surface area contributed by atoms with Gasteiger partial charge in [-0.05, 0) is 36.6 Å². The third kappa shape index (κ3) is 4.75. The van der Waals surface area contributed by atoms with E-state index in [9.17, 15) is 14.7 Å². The van der Waals surface area contributed by atoms with Crippen molar-refractivity contribution in [2.75, 3.05) is 11.1 Å². The second-order valence-corrected chi connectivity index (χ2v) is 6.66. The molecule has 2 aromatic rings. The van der Waals surface area contributed by atoms with Crippen molar-refractivity contribution in [3.05, 3.63) is 45.2 Å². The van der Waals surface area contributed by atoms with E-state index in [0.29, 0.717) is 17.1 Å². The first kappa shape index (κ1) is 18.4. The lowest BCUT2D eigenvalue weighted by atomic mass is 10.0. The topological polar surface area (TPSA) is 95.1 Å². The van der Waals surface area contributed by atoms with Crippen LogP contribution in [-0.4, -0.2) is 26.7 Å². The molecule has 24 heavy (non-hydrogen) atoms. The molecule has 1 amide bonds. The molecule has 1 heterocycles. The number of nitrogens with one attached hydrogen (secondary N) is 2. The molecule has 0 saturated heterocycles. The largest absolute Gasteiger partial charge is 0.493 e. The third-order valence-electron chi connectivity index (χ3n) is 3.49. The van der Waals surface area contributed by atoms with E-state index in [1.807, 2.05) is 13.8 Å². The zero-order valence-corrected chi connectivity index (χ0v) is 14.9. The van der Waals surface area contributed by atoms with Crippen LogP contribution in [0.4, 0.5) is 5.69 Å². The molecule has 0 aliphatic carbocycles. The molecule has 8 heteroatoms. The minimum Gasteiger partial charge on any atom is -0.493 e. The maximum Gasteiger partial charge on any atom is 0.258 e. The van der Waals surface area contributed by atoms with Crippen LogP contribution >= 0.6 is 23.4 Å². The van der Waals surface area contributed by atoms with E-state index in [-0.39, 0.29) is 39.7 Å². The van der Waals surface area contributed by atoms with Crippen molar-refractivity contribution < 1.29 is 9.90 Å². The molecule has 1 atom stereocenters. The highest BCUT2D eigenvalue weighted by Crippen LogP contribution is 2.24. The molecule has 0 aliphatic rings. The van der Waals surface area contributed by atoms with Crippen molar-refractivity contribution in [1.29, 1.82) is 0 Å². The summed E-state index contributed by atoms with van der Waals surface area (Å²) in [6, 6.07) is 6.74. The van der Waals surface area contributed by atoms with Gasteiger partial charge in [0.1, 0.15) is 0 Å². The van der Waals surface area contributed by atoms with Crippen LogP contribution < -0.4 is 10.9 Å². The highest BCUT2D eigenvalue weighted by molar-refractivity contribution is 7.99. The van der Waals surface area contributed by atoms with Gasteiger partial charge in [0.25, 0.3) is 5.56 Å². The number of carbonyl (C=O) groups is 1. The lowest BCUT2D eigenvalue weighted by molar-refractivity contribution is -0.113. The van der Waals surface area contributed by atoms with Crippen LogP contribution in [0.5, 0.6) is 5.88 Å². The summed E-state index contributed by atoms with van der Waals surface area (Å²) < 4.78 is 0. The second-order valence-electron chi connectivity index (χ2n) is 5.26. The van der Waals surface area contributed by atoms with Gasteiger partial charge in [-0.1, -0.05) is 37.2 Å². The minimum atomic E-state index is -0.377. The van der Waals surface area contributed by atoms with Gasteiger partial charge in [-0.15, -0.1) is 0 Å². The zero-order chi connectivity index (χ0) is 17.7. The fourth-order valence-electron chi connectivity index (χ4n) is 2.03. The number of amides is 1. The molecule has 2 rings (SSSR count). The molecular weight excluding hydrogens is 350 g/mol. The standard InChI is InChI=1S/C16H18ClN3O3S/c1-3-9(2)13-14(22)19-16(20-15(13)23)24-8-12(21)18-11-6-4-10(17)5-7-11/h4-7,9H,3,8H2,1-2H3,(H,18,21)(H2,19,20,22,23). The fourth-order valence-corrected chi connectivity index (χ4v) is 2.81. The molecule has 1 aromatic heterocycles. The van der Waals surface area contributed by atoms with Gasteiger partial charge in [0.15, 0.2) is 5.16 Å². The van der Waals surface area contributed by atoms with Gasteiger partial charge in [0.05, 0.1) is 11.3 Å². The van der Waals surface area contributed by atoms with Gasteiger partial charge in [-0.25, -0.2) is 0 Å². The number of carbonyl (C=O) groups excluding carboxylic acids is 1. The Morgan fingerprint density at radius 2 is 2.08 bits per heavy atom. The van der Waals surface area contributed by atoms with E-state index in [0.717, 1.165) is 11.8 Å². The lowest BCUT2D eigenvalue weighted by Crippen LogP contribution is -2.18. The molecule has 0 aliphatic heterocycles. The van der Waals surface area contributed by atoms with E-state index in [1.165, 1.54) is 0 Å². The number of aromatic hydroxyl groups is 1. The molecule has 128 valence electrons. The first-order chi connectivity index (χ1) is 11.4. The number of thioether (sulfide) groups is 1. The van der Waals surface area contributed by atoms with Crippen LogP contribution in [0.1, 0.15) is 31.7 Å². The van der Waals surface area contributed by atoms with Crippen molar-refractivity contribution in [2.24, 2.45) is 0 Å². The van der Waals surface area contributed by atoms with E-state index < -0.39 is 0 Å². The quantitative estimate of drug-likeness (QED) is 0.537. The van der Waals surface area contributed by atoms with E-state index >= 15 is 0 Å². The van der Waals surface area contributed by atoms with Crippen molar-refractivity contribution in [1.82, 2.24) is 9.97 Å². The highest BCUT2D eigenvalue weighted by Gasteiger charge is 2.16. The smallest absolute Gasteiger partial charge is 0.258 e. The average Bonchev–Trinajstić information content (AvgIpc) is 2.54. The number of anilines is 1. The Labute approximate surface area is 148 Å². The Morgan fingerprint density at radius 3 is 2.67 bits per heavy atom. The second kappa shape index (κ2) is 8.21. The fraction of sp³-hybridized carbons (Fsp3) is 0.312. The molecule has 0 fully saturated rings. The number of hydrogen-bond acceptors (Lipinski definition) is 5. The zero-order valence-electron chi connectivity index (χ0n) is 13.3. The van der Waals surface area contributed by atoms with E-state index in [2.05, 4.69) is 15.3 Å². The summed E-state index contributed by atoms with van der Waals surface area (Å²) in [5, 5.41) is 13.4. The summed E-state index contributed by atoms with van der Waals surface area (Å²) in [7, 11) is 0. The first-order valence-electron chi connectivity index (χ1n) is 7.42. The molecule has 0 spiro atoms. The monoisotopic (exact) mass is 367 g/mol. The number of H-pyrrole nitrogens is 1. The number of rotatable bonds is 6. The van der Waals surface area contributed by atoms with Crippen molar-refractivity contribution in [2.45, 2.75) is 31.3 Å². The van der Waals surface area contributed by atoms with E-state index in [4.69, 9.17) is 11.6 Å². The average molecular weight is 368 g/mol. The van der Waals surface area contributed by atoms with Crippen LogP contribution in [0.3, 0.4) is 0 Å². The summed E-state index contributed by atoms with van der Waals surface area (Å²) in [6.07, 6.45) is 0.717. The van der Waals surface area contributed by atoms with Gasteiger partial charge in [-0.3, -0.25) is 9.59 Å². The Kier molecular flexibility index (Phi) is 6.28. The lowest BCUT2D eigenvalue weighted by Gasteiger charge is -2.10. The van der Waals surface area contributed by atoms with E-state index in [1.54, 1.807) is 24.3 Å². The summed E-state index contributed by atoms with van der Waals surface area (Å²) in [4.78, 5) is 30.5. The summed E-state index contributed by atoms with van der Waals surface area (Å²) >= 11 is 6.82. The third-order valence-corrected chi connectivity index (χ3v) is 4.61. The number of aromatic nitrogens is 2. The van der Waals surface area contributed by atoms with Crippen LogP contribution in [0.15, 0.2) is 34.2 Å². The molecule has 6 nitrogen and oxygen atoms in total. The normalized spacial score (nSPS) is 12.0. The Balaban J connectivity index is 2.00. The molecular formula is C16H18ClN3O3S. The maximum absolute atomic E-state index is 12.0. The summed E-state index contributed by atoms with van der Waals surface area (Å²) in [6.45, 7) is 3.77. The van der Waals surface area contributed by atoms with Gasteiger partial charge in [-0.2, -0.15) is 4.98 Å². The minimum absolute atomic E-state index is 0.0493. The number of hydrogen-bond donors (Lipinski definition) is 3. The van der Waals surface area contributed by atoms with Crippen LogP contribution in [-0.2, 0) is 4.79 Å². The predicted molar refractivity (Wildman–Crippen MR) is 96.0 cm³/mol. The Bertz CT molecular complexity index is 777. The van der Waals surface area contributed by atoms with Gasteiger partial charge < -0.3 is 15.4 Å². The SMILES string of the molecule is CCC(C)c1c(O)nc(SCC(=O)Nc2ccc(Cl)cc2)[nH]c1=O. The molecule has 1 unspecified atom stereocenters. The highest BCUT2D eigenvalue weighted by atomic mass is 35.5. The number of nitrogens with zero attached hydrogens (tertiary/aromatic N) is 1. The first-order valence-corrected chi connectivity index (χ1v) is 8.78. The van der Waals surface area contributed by atoms with Gasteiger partial charge >= 0.3 is 0 Å². The van der Waals surface area contributed by atoms with Gasteiger partial charge in [0, 0.05) is 10.7 Å². The molecule has 0 bridgehead atoms. The Morgan fingerprint density at radius 1 is 1.42 bits per heavy atom. The predicted octanol–water partition coefficient (Wildman–Crippen LogP) is 3.37. The number of halogens is 1. The molecule has 0 radical (unpaired) electrons. The molecule has 1 aromatic carbocycles.